The van der Waals surface area contributed by atoms with Crippen LogP contribution in [0.2, 0.25) is 0 Å². The molecule has 25 heavy (non-hydrogen) atoms. The minimum absolute atomic E-state index is 0.0823. The lowest BCUT2D eigenvalue weighted by Gasteiger charge is -2.33. The van der Waals surface area contributed by atoms with Crippen molar-refractivity contribution in [2.24, 2.45) is 0 Å². The summed E-state index contributed by atoms with van der Waals surface area (Å²) in [6, 6.07) is 11.7. The van der Waals surface area contributed by atoms with Gasteiger partial charge >= 0.3 is 0 Å². The number of sulfonamides is 1. The first-order valence-electron chi connectivity index (χ1n) is 7.95. The van der Waals surface area contributed by atoms with Gasteiger partial charge in [0.2, 0.25) is 5.91 Å². The first-order chi connectivity index (χ1) is 11.8. The van der Waals surface area contributed by atoms with Crippen molar-refractivity contribution in [3.63, 3.8) is 0 Å². The van der Waals surface area contributed by atoms with Gasteiger partial charge in [-0.3, -0.25) is 9.52 Å². The van der Waals surface area contributed by atoms with Crippen LogP contribution in [0.3, 0.4) is 0 Å². The van der Waals surface area contributed by atoms with Crippen LogP contribution >= 0.6 is 0 Å². The number of hydrogen-bond donors (Lipinski definition) is 1. The van der Waals surface area contributed by atoms with Gasteiger partial charge in [-0.2, -0.15) is 0 Å². The number of para-hydroxylation sites is 1. The second kappa shape index (κ2) is 6.40. The highest BCUT2D eigenvalue weighted by molar-refractivity contribution is 7.92. The van der Waals surface area contributed by atoms with Gasteiger partial charge in [-0.15, -0.1) is 0 Å². The van der Waals surface area contributed by atoms with Crippen LogP contribution < -0.4 is 14.4 Å². The molecule has 0 unspecified atom stereocenters. The van der Waals surface area contributed by atoms with E-state index < -0.39 is 10.0 Å². The smallest absolute Gasteiger partial charge is 0.261 e. The highest BCUT2D eigenvalue weighted by Crippen LogP contribution is 2.36. The molecule has 1 aliphatic heterocycles. The minimum atomic E-state index is -3.78. The normalized spacial score (nSPS) is 16.8. The van der Waals surface area contributed by atoms with E-state index in [1.165, 1.54) is 24.0 Å². The number of carbonyl (C=O) groups excluding carboxylic acids is 1. The van der Waals surface area contributed by atoms with Crippen molar-refractivity contribution in [3.8, 4) is 5.75 Å². The Labute approximate surface area is 147 Å². The van der Waals surface area contributed by atoms with E-state index in [1.807, 2.05) is 26.0 Å². The van der Waals surface area contributed by atoms with Gasteiger partial charge in [0.1, 0.15) is 11.9 Å². The molecule has 1 heterocycles. The highest BCUT2D eigenvalue weighted by Gasteiger charge is 2.28. The fourth-order valence-electron chi connectivity index (χ4n) is 2.77. The van der Waals surface area contributed by atoms with Gasteiger partial charge in [0.15, 0.2) is 0 Å². The summed E-state index contributed by atoms with van der Waals surface area (Å²) in [5.41, 5.74) is 1.82. The van der Waals surface area contributed by atoms with E-state index in [-0.39, 0.29) is 16.9 Å². The summed E-state index contributed by atoms with van der Waals surface area (Å²) in [6.45, 7) is 5.53. The third-order valence-electron chi connectivity index (χ3n) is 4.07. The van der Waals surface area contributed by atoms with Gasteiger partial charge in [-0.05, 0) is 43.7 Å². The molecule has 0 aliphatic carbocycles. The topological polar surface area (TPSA) is 75.7 Å². The maximum Gasteiger partial charge on any atom is 0.261 e. The molecular weight excluding hydrogens is 340 g/mol. The molecular formula is C18H20N2O4S. The number of anilines is 2. The maximum atomic E-state index is 12.7. The summed E-state index contributed by atoms with van der Waals surface area (Å²) in [5, 5.41) is 0. The summed E-state index contributed by atoms with van der Waals surface area (Å²) in [5.74, 6) is 0.349. The Bertz CT molecular complexity index is 924. The lowest BCUT2D eigenvalue weighted by atomic mass is 10.2. The summed E-state index contributed by atoms with van der Waals surface area (Å²) in [6.07, 6.45) is -0.149. The molecule has 0 bridgehead atoms. The van der Waals surface area contributed by atoms with E-state index in [0.717, 1.165) is 5.56 Å². The molecule has 0 radical (unpaired) electrons. The predicted octanol–water partition coefficient (Wildman–Crippen LogP) is 2.93. The molecule has 7 heteroatoms. The van der Waals surface area contributed by atoms with E-state index >= 15 is 0 Å². The van der Waals surface area contributed by atoms with E-state index in [0.29, 0.717) is 23.7 Å². The molecule has 1 N–H and O–H groups in total. The monoisotopic (exact) mass is 360 g/mol. The summed E-state index contributed by atoms with van der Waals surface area (Å²) < 4.78 is 33.7. The second-order valence-electron chi connectivity index (χ2n) is 6.11. The molecule has 132 valence electrons. The molecule has 1 aliphatic rings. The summed E-state index contributed by atoms with van der Waals surface area (Å²) in [4.78, 5) is 13.5. The lowest BCUT2D eigenvalue weighted by Crippen LogP contribution is -2.41. The number of amides is 1. The standard InChI is InChI=1S/C18H20N2O4S/c1-12-6-4-5-7-16(12)19-25(22,23)15-8-9-18-17(10-15)20(14(3)21)11-13(2)24-18/h4-10,13,19H,11H2,1-3H3/t13-/m0/s1. The van der Waals surface area contributed by atoms with Crippen LogP contribution in [0.4, 0.5) is 11.4 Å². The zero-order valence-corrected chi connectivity index (χ0v) is 15.1. The third kappa shape index (κ3) is 3.46. The van der Waals surface area contributed by atoms with Crippen LogP contribution in [-0.2, 0) is 14.8 Å². The molecule has 1 atom stereocenters. The van der Waals surface area contributed by atoms with Crippen LogP contribution in [-0.4, -0.2) is 27.0 Å². The fraction of sp³-hybridized carbons (Fsp3) is 0.278. The van der Waals surface area contributed by atoms with Crippen LogP contribution in [0.1, 0.15) is 19.4 Å². The van der Waals surface area contributed by atoms with Gasteiger partial charge in [-0.1, -0.05) is 18.2 Å². The van der Waals surface area contributed by atoms with Crippen molar-refractivity contribution in [2.45, 2.75) is 31.8 Å². The molecule has 0 fully saturated rings. The van der Waals surface area contributed by atoms with E-state index in [2.05, 4.69) is 4.72 Å². The molecule has 6 nitrogen and oxygen atoms in total. The fourth-order valence-corrected chi connectivity index (χ4v) is 3.92. The minimum Gasteiger partial charge on any atom is -0.487 e. The van der Waals surface area contributed by atoms with E-state index in [4.69, 9.17) is 4.74 Å². The zero-order chi connectivity index (χ0) is 18.2. The number of carbonyl (C=O) groups is 1. The number of nitrogens with zero attached hydrogens (tertiary/aromatic N) is 1. The quantitative estimate of drug-likeness (QED) is 0.913. The van der Waals surface area contributed by atoms with E-state index in [1.54, 1.807) is 18.2 Å². The number of rotatable bonds is 3. The summed E-state index contributed by atoms with van der Waals surface area (Å²) >= 11 is 0. The van der Waals surface area contributed by atoms with E-state index in [9.17, 15) is 13.2 Å². The number of aryl methyl sites for hydroxylation is 1. The number of nitrogens with one attached hydrogen (secondary N) is 1. The molecule has 2 aromatic rings. The molecule has 0 saturated heterocycles. The van der Waals surface area contributed by atoms with Crippen molar-refractivity contribution in [2.75, 3.05) is 16.2 Å². The highest BCUT2D eigenvalue weighted by atomic mass is 32.2. The molecule has 0 aromatic heterocycles. The number of hydrogen-bond acceptors (Lipinski definition) is 4. The molecule has 2 aromatic carbocycles. The lowest BCUT2D eigenvalue weighted by molar-refractivity contribution is -0.117. The van der Waals surface area contributed by atoms with Gasteiger partial charge < -0.3 is 9.64 Å². The van der Waals surface area contributed by atoms with Crippen molar-refractivity contribution >= 4 is 27.3 Å². The Morgan fingerprint density at radius 2 is 1.96 bits per heavy atom. The predicted molar refractivity (Wildman–Crippen MR) is 96.5 cm³/mol. The van der Waals surface area contributed by atoms with Crippen LogP contribution in [0.15, 0.2) is 47.4 Å². The Morgan fingerprint density at radius 3 is 2.64 bits per heavy atom. The summed E-state index contributed by atoms with van der Waals surface area (Å²) in [7, 11) is -3.78. The first kappa shape index (κ1) is 17.3. The van der Waals surface area contributed by atoms with Crippen LogP contribution in [0.25, 0.3) is 0 Å². The largest absolute Gasteiger partial charge is 0.487 e. The average molecular weight is 360 g/mol. The Balaban J connectivity index is 2.00. The average Bonchev–Trinajstić information content (AvgIpc) is 2.55. The Kier molecular flexibility index (Phi) is 4.43. The Hall–Kier alpha value is -2.54. The van der Waals surface area contributed by atoms with Gasteiger partial charge in [-0.25, -0.2) is 8.42 Å². The third-order valence-corrected chi connectivity index (χ3v) is 5.43. The van der Waals surface area contributed by atoms with Gasteiger partial charge in [0, 0.05) is 6.92 Å². The SMILES string of the molecule is CC(=O)N1C[C@H](C)Oc2ccc(S(=O)(=O)Nc3ccccc3C)cc21. The Morgan fingerprint density at radius 1 is 1.24 bits per heavy atom. The second-order valence-corrected chi connectivity index (χ2v) is 7.79. The number of fused-ring (bicyclic) bond motifs is 1. The van der Waals surface area contributed by atoms with Gasteiger partial charge in [0.25, 0.3) is 10.0 Å². The van der Waals surface area contributed by atoms with Crippen LogP contribution in [0, 0.1) is 6.92 Å². The number of ether oxygens (including phenoxy) is 1. The maximum absolute atomic E-state index is 12.7. The zero-order valence-electron chi connectivity index (χ0n) is 14.3. The molecule has 3 rings (SSSR count). The molecule has 0 spiro atoms. The van der Waals surface area contributed by atoms with Gasteiger partial charge in [0.05, 0.1) is 22.8 Å². The van der Waals surface area contributed by atoms with Crippen molar-refractivity contribution in [1.82, 2.24) is 0 Å². The molecule has 1 amide bonds. The van der Waals surface area contributed by atoms with Crippen molar-refractivity contribution in [1.29, 1.82) is 0 Å². The first-order valence-corrected chi connectivity index (χ1v) is 9.43. The number of benzene rings is 2. The van der Waals surface area contributed by atoms with Crippen molar-refractivity contribution in [3.05, 3.63) is 48.0 Å². The molecule has 0 saturated carbocycles. The van der Waals surface area contributed by atoms with Crippen molar-refractivity contribution < 1.29 is 17.9 Å². The van der Waals surface area contributed by atoms with Crippen LogP contribution in [0.5, 0.6) is 5.75 Å².